The third kappa shape index (κ3) is 11.0. The van der Waals surface area contributed by atoms with E-state index in [0.717, 1.165) is 5.56 Å². The van der Waals surface area contributed by atoms with Crippen LogP contribution in [0.3, 0.4) is 0 Å². The molecule has 27 heavy (non-hydrogen) atoms. The number of rotatable bonds is 6. The van der Waals surface area contributed by atoms with E-state index in [1.165, 1.54) is 0 Å². The second kappa shape index (κ2) is 10.6. The summed E-state index contributed by atoms with van der Waals surface area (Å²) in [7, 11) is 0. The van der Waals surface area contributed by atoms with E-state index in [0.29, 0.717) is 0 Å². The standard InChI is InChI=1S/C17H24N4O6/c1-17(2,3)27-16(25)21-20-14(23)10-18-13(22)9-19-15(24)26-11-12-7-5-4-6-8-12/h4-8H,9-11H2,1-3H3,(H,18,22)(H,19,24)(H,20,23)(H,21,25). The monoisotopic (exact) mass is 380 g/mol. The zero-order valence-corrected chi connectivity index (χ0v) is 15.5. The van der Waals surface area contributed by atoms with E-state index in [4.69, 9.17) is 9.47 Å². The van der Waals surface area contributed by atoms with E-state index in [2.05, 4.69) is 16.1 Å². The van der Waals surface area contributed by atoms with Gasteiger partial charge in [0.15, 0.2) is 0 Å². The quantitative estimate of drug-likeness (QED) is 0.534. The summed E-state index contributed by atoms with van der Waals surface area (Å²) >= 11 is 0. The fourth-order valence-corrected chi connectivity index (χ4v) is 1.64. The molecule has 0 saturated carbocycles. The predicted molar refractivity (Wildman–Crippen MR) is 95.2 cm³/mol. The number of amides is 4. The second-order valence-electron chi connectivity index (χ2n) is 6.37. The third-order valence-electron chi connectivity index (χ3n) is 2.76. The van der Waals surface area contributed by atoms with Gasteiger partial charge in [0.2, 0.25) is 5.91 Å². The van der Waals surface area contributed by atoms with E-state index in [-0.39, 0.29) is 13.2 Å². The Kier molecular flexibility index (Phi) is 8.57. The van der Waals surface area contributed by atoms with Crippen LogP contribution in [0.2, 0.25) is 0 Å². The van der Waals surface area contributed by atoms with Crippen molar-refractivity contribution in [2.24, 2.45) is 0 Å². The van der Waals surface area contributed by atoms with Crippen LogP contribution in [-0.4, -0.2) is 42.7 Å². The van der Waals surface area contributed by atoms with Crippen LogP contribution in [0.1, 0.15) is 26.3 Å². The number of hydrogen-bond acceptors (Lipinski definition) is 6. The maximum atomic E-state index is 11.6. The van der Waals surface area contributed by atoms with E-state index >= 15 is 0 Å². The van der Waals surface area contributed by atoms with E-state index in [1.54, 1.807) is 32.9 Å². The summed E-state index contributed by atoms with van der Waals surface area (Å²) in [4.78, 5) is 45.9. The first-order valence-electron chi connectivity index (χ1n) is 8.15. The van der Waals surface area contributed by atoms with Gasteiger partial charge in [-0.05, 0) is 26.3 Å². The summed E-state index contributed by atoms with van der Waals surface area (Å²) in [5.74, 6) is -1.26. The van der Waals surface area contributed by atoms with Gasteiger partial charge in [-0.15, -0.1) is 0 Å². The molecule has 4 N–H and O–H groups in total. The van der Waals surface area contributed by atoms with Crippen LogP contribution in [0.4, 0.5) is 9.59 Å². The molecule has 0 saturated heterocycles. The summed E-state index contributed by atoms with van der Waals surface area (Å²) < 4.78 is 9.86. The molecule has 0 aliphatic carbocycles. The second-order valence-corrected chi connectivity index (χ2v) is 6.37. The van der Waals surface area contributed by atoms with Crippen molar-refractivity contribution in [3.05, 3.63) is 35.9 Å². The first-order chi connectivity index (χ1) is 12.7. The average Bonchev–Trinajstić information content (AvgIpc) is 2.60. The largest absolute Gasteiger partial charge is 0.445 e. The molecule has 0 bridgehead atoms. The van der Waals surface area contributed by atoms with Crippen LogP contribution in [0.15, 0.2) is 30.3 Å². The lowest BCUT2D eigenvalue weighted by atomic mass is 10.2. The molecule has 0 fully saturated rings. The van der Waals surface area contributed by atoms with Gasteiger partial charge in [0.05, 0.1) is 6.54 Å². The normalized spacial score (nSPS) is 10.3. The predicted octanol–water partition coefficient (Wildman–Crippen LogP) is 0.585. The number of nitrogens with one attached hydrogen (secondary N) is 4. The number of carbonyl (C=O) groups is 4. The van der Waals surface area contributed by atoms with Gasteiger partial charge < -0.3 is 20.1 Å². The Morgan fingerprint density at radius 2 is 1.48 bits per heavy atom. The summed E-state index contributed by atoms with van der Waals surface area (Å²) in [6, 6.07) is 9.06. The SMILES string of the molecule is CC(C)(C)OC(=O)NNC(=O)CNC(=O)CNC(=O)OCc1ccccc1. The maximum Gasteiger partial charge on any atom is 0.426 e. The third-order valence-corrected chi connectivity index (χ3v) is 2.76. The molecule has 0 aromatic heterocycles. The van der Waals surface area contributed by atoms with Crippen molar-refractivity contribution in [3.8, 4) is 0 Å². The minimum atomic E-state index is -0.829. The van der Waals surface area contributed by atoms with Crippen molar-refractivity contribution in [3.63, 3.8) is 0 Å². The minimum Gasteiger partial charge on any atom is -0.445 e. The highest BCUT2D eigenvalue weighted by Gasteiger charge is 2.16. The first kappa shape index (κ1) is 21.7. The molecule has 4 amide bonds. The molecule has 1 rings (SSSR count). The molecule has 0 spiro atoms. The Bertz CT molecular complexity index is 657. The van der Waals surface area contributed by atoms with Gasteiger partial charge in [-0.25, -0.2) is 15.0 Å². The van der Waals surface area contributed by atoms with Crippen LogP contribution in [0.5, 0.6) is 0 Å². The van der Waals surface area contributed by atoms with Gasteiger partial charge in [0.1, 0.15) is 18.8 Å². The lowest BCUT2D eigenvalue weighted by Crippen LogP contribution is -2.48. The molecule has 148 valence electrons. The zero-order valence-electron chi connectivity index (χ0n) is 15.5. The van der Waals surface area contributed by atoms with E-state index in [9.17, 15) is 19.2 Å². The lowest BCUT2D eigenvalue weighted by molar-refractivity contribution is -0.126. The number of ether oxygens (including phenoxy) is 2. The van der Waals surface area contributed by atoms with Gasteiger partial charge in [-0.2, -0.15) is 0 Å². The highest BCUT2D eigenvalue weighted by Crippen LogP contribution is 2.05. The van der Waals surface area contributed by atoms with Crippen molar-refractivity contribution in [1.82, 2.24) is 21.5 Å². The van der Waals surface area contributed by atoms with Crippen molar-refractivity contribution in [2.45, 2.75) is 33.0 Å². The van der Waals surface area contributed by atoms with Crippen molar-refractivity contribution < 1.29 is 28.7 Å². The smallest absolute Gasteiger partial charge is 0.426 e. The maximum absolute atomic E-state index is 11.6. The molecule has 0 aliphatic heterocycles. The molecular weight excluding hydrogens is 356 g/mol. The molecule has 10 nitrogen and oxygen atoms in total. The molecular formula is C17H24N4O6. The fourth-order valence-electron chi connectivity index (χ4n) is 1.64. The van der Waals surface area contributed by atoms with Crippen LogP contribution >= 0.6 is 0 Å². The summed E-state index contributed by atoms with van der Waals surface area (Å²) in [6.07, 6.45) is -1.59. The minimum absolute atomic E-state index is 0.0764. The molecule has 10 heteroatoms. The van der Waals surface area contributed by atoms with Gasteiger partial charge >= 0.3 is 12.2 Å². The van der Waals surface area contributed by atoms with Crippen molar-refractivity contribution in [1.29, 1.82) is 0 Å². The van der Waals surface area contributed by atoms with Crippen LogP contribution in [0.25, 0.3) is 0 Å². The van der Waals surface area contributed by atoms with Crippen LogP contribution in [-0.2, 0) is 25.7 Å². The number of carbonyl (C=O) groups excluding carboxylic acids is 4. The highest BCUT2D eigenvalue weighted by atomic mass is 16.6. The Morgan fingerprint density at radius 3 is 2.11 bits per heavy atom. The van der Waals surface area contributed by atoms with Gasteiger partial charge in [-0.1, -0.05) is 30.3 Å². The summed E-state index contributed by atoms with van der Waals surface area (Å²) in [5, 5.41) is 4.53. The van der Waals surface area contributed by atoms with Crippen molar-refractivity contribution in [2.75, 3.05) is 13.1 Å². The van der Waals surface area contributed by atoms with E-state index in [1.807, 2.05) is 23.6 Å². The molecule has 0 atom stereocenters. The molecule has 0 unspecified atom stereocenters. The van der Waals surface area contributed by atoms with Gasteiger partial charge in [-0.3, -0.25) is 15.0 Å². The first-order valence-corrected chi connectivity index (χ1v) is 8.15. The Morgan fingerprint density at radius 1 is 0.852 bits per heavy atom. The van der Waals surface area contributed by atoms with E-state index < -0.39 is 36.1 Å². The summed E-state index contributed by atoms with van der Waals surface area (Å²) in [6.45, 7) is 4.34. The van der Waals surface area contributed by atoms with Crippen molar-refractivity contribution >= 4 is 24.0 Å². The van der Waals surface area contributed by atoms with Gasteiger partial charge in [0.25, 0.3) is 5.91 Å². The number of benzene rings is 1. The number of hydrazine groups is 1. The van der Waals surface area contributed by atoms with Gasteiger partial charge in [0, 0.05) is 0 Å². The topological polar surface area (TPSA) is 135 Å². The molecule has 0 radical (unpaired) electrons. The lowest BCUT2D eigenvalue weighted by Gasteiger charge is -2.19. The number of alkyl carbamates (subject to hydrolysis) is 1. The Labute approximate surface area is 156 Å². The molecule has 0 aliphatic rings. The van der Waals surface area contributed by atoms with Crippen LogP contribution in [0, 0.1) is 0 Å². The summed E-state index contributed by atoms with van der Waals surface area (Å²) in [5.41, 5.74) is 4.22. The molecule has 1 aromatic rings. The highest BCUT2D eigenvalue weighted by molar-refractivity contribution is 5.87. The van der Waals surface area contributed by atoms with Crippen LogP contribution < -0.4 is 21.5 Å². The Balaban J connectivity index is 2.14. The fraction of sp³-hybridized carbons (Fsp3) is 0.412. The Hall–Kier alpha value is -3.30. The molecule has 1 aromatic carbocycles. The number of hydrogen-bond donors (Lipinski definition) is 4. The average molecular weight is 380 g/mol. The zero-order chi connectivity index (χ0) is 20.3. The molecule has 0 heterocycles.